The predicted octanol–water partition coefficient (Wildman–Crippen LogP) is 4.44. The average molecular weight is 277 g/mol. The summed E-state index contributed by atoms with van der Waals surface area (Å²) in [6.07, 6.45) is 3.02. The van der Waals surface area contributed by atoms with Crippen molar-refractivity contribution in [3.8, 4) is 0 Å². The number of pyridine rings is 1. The quantitative estimate of drug-likeness (QED) is 0.708. The number of para-hydroxylation sites is 1. The number of aromatic nitrogens is 1. The largest absolute Gasteiger partial charge is 0.299 e. The van der Waals surface area contributed by atoms with Gasteiger partial charge in [-0.2, -0.15) is 0 Å². The minimum atomic E-state index is 0.302. The molecule has 1 heterocycles. The van der Waals surface area contributed by atoms with E-state index in [0.29, 0.717) is 18.6 Å². The van der Waals surface area contributed by atoms with Crippen molar-refractivity contribution in [3.63, 3.8) is 0 Å². The Morgan fingerprint density at radius 2 is 1.57 bits per heavy atom. The van der Waals surface area contributed by atoms with Crippen LogP contribution in [0.2, 0.25) is 0 Å². The van der Waals surface area contributed by atoms with E-state index >= 15 is 0 Å². The third kappa shape index (κ3) is 4.84. The van der Waals surface area contributed by atoms with Crippen LogP contribution in [0.15, 0.2) is 72.9 Å². The number of Topliss-reactive ketones (excluding diaryl/α,β-unsaturated/α-hetero) is 1. The molecule has 0 saturated carbocycles. The highest BCUT2D eigenvalue weighted by molar-refractivity contribution is 5.80. The zero-order chi connectivity index (χ0) is 14.9. The fourth-order valence-electron chi connectivity index (χ4n) is 1.96. The van der Waals surface area contributed by atoms with Gasteiger partial charge in [-0.1, -0.05) is 61.5 Å². The van der Waals surface area contributed by atoms with E-state index in [4.69, 9.17) is 0 Å². The van der Waals surface area contributed by atoms with Crippen molar-refractivity contribution in [2.45, 2.75) is 19.8 Å². The Hall–Kier alpha value is -2.48. The fraction of sp³-hybridized carbons (Fsp3) is 0.158. The molecule has 2 aromatic carbocycles. The Kier molecular flexibility index (Phi) is 5.65. The summed E-state index contributed by atoms with van der Waals surface area (Å²) in [5, 5.41) is 1.20. The molecule has 21 heavy (non-hydrogen) atoms. The predicted molar refractivity (Wildman–Crippen MR) is 87.2 cm³/mol. The molecule has 3 rings (SSSR count). The molecule has 0 amide bonds. The maximum absolute atomic E-state index is 11.0. The van der Waals surface area contributed by atoms with Crippen LogP contribution in [0, 0.1) is 0 Å². The van der Waals surface area contributed by atoms with E-state index in [9.17, 15) is 4.79 Å². The standard InChI is InChI=1S/C10H12O.C9H7N/c1-2-10(11)8-9-6-4-3-5-7-9;1-2-6-9-8(4-1)5-3-7-10-9/h3-7H,2,8H2,1H3;1-7H. The van der Waals surface area contributed by atoms with Crippen LogP contribution in [0.4, 0.5) is 0 Å². The lowest BCUT2D eigenvalue weighted by Crippen LogP contribution is -1.99. The second kappa shape index (κ2) is 7.95. The maximum atomic E-state index is 11.0. The van der Waals surface area contributed by atoms with Gasteiger partial charge < -0.3 is 0 Å². The topological polar surface area (TPSA) is 30.0 Å². The van der Waals surface area contributed by atoms with E-state index in [1.54, 1.807) is 0 Å². The molecule has 0 aliphatic carbocycles. The lowest BCUT2D eigenvalue weighted by Gasteiger charge is -1.96. The number of hydrogen-bond donors (Lipinski definition) is 0. The van der Waals surface area contributed by atoms with Crippen molar-refractivity contribution in [2.24, 2.45) is 0 Å². The molecule has 2 heteroatoms. The summed E-state index contributed by atoms with van der Waals surface area (Å²) < 4.78 is 0. The zero-order valence-corrected chi connectivity index (χ0v) is 12.2. The van der Waals surface area contributed by atoms with Crippen LogP contribution in [0.25, 0.3) is 10.9 Å². The van der Waals surface area contributed by atoms with E-state index in [0.717, 1.165) is 11.1 Å². The average Bonchev–Trinajstić information content (AvgIpc) is 2.56. The molecular formula is C19H19NO. The maximum Gasteiger partial charge on any atom is 0.136 e. The fourth-order valence-corrected chi connectivity index (χ4v) is 1.96. The first kappa shape index (κ1) is 14.9. The van der Waals surface area contributed by atoms with Crippen LogP contribution in [-0.2, 0) is 11.2 Å². The molecule has 2 nitrogen and oxygen atoms in total. The summed E-state index contributed by atoms with van der Waals surface area (Å²) in [5.74, 6) is 0.302. The second-order valence-electron chi connectivity index (χ2n) is 4.75. The molecule has 0 atom stereocenters. The lowest BCUT2D eigenvalue weighted by molar-refractivity contribution is -0.118. The Morgan fingerprint density at radius 1 is 0.905 bits per heavy atom. The van der Waals surface area contributed by atoms with E-state index < -0.39 is 0 Å². The third-order valence-electron chi connectivity index (χ3n) is 3.15. The Morgan fingerprint density at radius 3 is 2.29 bits per heavy atom. The van der Waals surface area contributed by atoms with Crippen molar-refractivity contribution in [1.29, 1.82) is 0 Å². The van der Waals surface area contributed by atoms with Gasteiger partial charge in [-0.25, -0.2) is 0 Å². The molecule has 0 aliphatic rings. The van der Waals surface area contributed by atoms with Crippen molar-refractivity contribution in [2.75, 3.05) is 0 Å². The van der Waals surface area contributed by atoms with Crippen LogP contribution >= 0.6 is 0 Å². The highest BCUT2D eigenvalue weighted by Crippen LogP contribution is 2.07. The first-order chi connectivity index (χ1) is 10.3. The van der Waals surface area contributed by atoms with Gasteiger partial charge in [0.15, 0.2) is 0 Å². The van der Waals surface area contributed by atoms with Gasteiger partial charge in [0.2, 0.25) is 0 Å². The highest BCUT2D eigenvalue weighted by Gasteiger charge is 1.98. The third-order valence-corrected chi connectivity index (χ3v) is 3.15. The van der Waals surface area contributed by atoms with Crippen molar-refractivity contribution < 1.29 is 4.79 Å². The highest BCUT2D eigenvalue weighted by atomic mass is 16.1. The summed E-state index contributed by atoms with van der Waals surface area (Å²) in [4.78, 5) is 15.2. The van der Waals surface area contributed by atoms with Gasteiger partial charge in [0.1, 0.15) is 5.78 Å². The molecule has 0 N–H and O–H groups in total. The van der Waals surface area contributed by atoms with Gasteiger partial charge in [0.25, 0.3) is 0 Å². The molecule has 0 spiro atoms. The second-order valence-corrected chi connectivity index (χ2v) is 4.75. The molecule has 0 radical (unpaired) electrons. The van der Waals surface area contributed by atoms with Crippen LogP contribution in [-0.4, -0.2) is 10.8 Å². The van der Waals surface area contributed by atoms with E-state index in [2.05, 4.69) is 17.1 Å². The SMILES string of the molecule is CCC(=O)Cc1ccccc1.c1ccc2ncccc2c1. The summed E-state index contributed by atoms with van der Waals surface area (Å²) in [6.45, 7) is 1.89. The normalized spacial score (nSPS) is 9.76. The first-order valence-electron chi connectivity index (χ1n) is 7.15. The first-order valence-corrected chi connectivity index (χ1v) is 7.15. The molecule has 0 fully saturated rings. The number of nitrogens with zero attached hydrogens (tertiary/aromatic N) is 1. The number of carbonyl (C=O) groups is 1. The van der Waals surface area contributed by atoms with Gasteiger partial charge >= 0.3 is 0 Å². The molecule has 0 unspecified atom stereocenters. The Labute approximate surface area is 125 Å². The molecule has 0 bridgehead atoms. The smallest absolute Gasteiger partial charge is 0.136 e. The molecule has 1 aromatic heterocycles. The Bertz CT molecular complexity index is 627. The Balaban J connectivity index is 0.000000154. The molecule has 0 aliphatic heterocycles. The van der Waals surface area contributed by atoms with Gasteiger partial charge in [-0.3, -0.25) is 9.78 Å². The van der Waals surface area contributed by atoms with E-state index in [1.165, 1.54) is 5.39 Å². The van der Waals surface area contributed by atoms with Crippen LogP contribution in [0.3, 0.4) is 0 Å². The lowest BCUT2D eigenvalue weighted by atomic mass is 10.1. The number of benzene rings is 2. The minimum Gasteiger partial charge on any atom is -0.299 e. The number of fused-ring (bicyclic) bond motifs is 1. The molecule has 3 aromatic rings. The minimum absolute atomic E-state index is 0.302. The number of hydrogen-bond acceptors (Lipinski definition) is 2. The van der Waals surface area contributed by atoms with E-state index in [-0.39, 0.29) is 0 Å². The van der Waals surface area contributed by atoms with Crippen LogP contribution in [0.5, 0.6) is 0 Å². The van der Waals surface area contributed by atoms with Gasteiger partial charge in [-0.15, -0.1) is 0 Å². The van der Waals surface area contributed by atoms with Gasteiger partial charge in [-0.05, 0) is 17.7 Å². The van der Waals surface area contributed by atoms with Gasteiger partial charge in [0, 0.05) is 24.4 Å². The summed E-state index contributed by atoms with van der Waals surface area (Å²) >= 11 is 0. The van der Waals surface area contributed by atoms with Crippen molar-refractivity contribution in [1.82, 2.24) is 4.98 Å². The summed E-state index contributed by atoms with van der Waals surface area (Å²) in [6, 6.07) is 21.9. The summed E-state index contributed by atoms with van der Waals surface area (Å²) in [5.41, 5.74) is 2.17. The van der Waals surface area contributed by atoms with E-state index in [1.807, 2.05) is 67.7 Å². The van der Waals surface area contributed by atoms with Crippen LogP contribution in [0.1, 0.15) is 18.9 Å². The molecular weight excluding hydrogens is 258 g/mol. The number of rotatable bonds is 3. The molecule has 0 saturated heterocycles. The number of ketones is 1. The van der Waals surface area contributed by atoms with Crippen LogP contribution < -0.4 is 0 Å². The van der Waals surface area contributed by atoms with Crippen molar-refractivity contribution in [3.05, 3.63) is 78.5 Å². The van der Waals surface area contributed by atoms with Gasteiger partial charge in [0.05, 0.1) is 5.52 Å². The van der Waals surface area contributed by atoms with Crippen molar-refractivity contribution >= 4 is 16.7 Å². The zero-order valence-electron chi connectivity index (χ0n) is 12.2. The number of carbonyl (C=O) groups excluding carboxylic acids is 1. The monoisotopic (exact) mass is 277 g/mol. The molecule has 106 valence electrons. The summed E-state index contributed by atoms with van der Waals surface area (Å²) in [7, 11) is 0.